The molecule has 0 saturated carbocycles. The number of nitrogens with zero attached hydrogens (tertiary/aromatic N) is 2. The standard InChI is InChI=1S/C17H12F2N4O/c18-11-3-1-5-13(9-11)21-16(24)15-7-8-20-17(23-15)22-14-6-2-4-12(19)10-14/h1-10H,(H,21,24)(H,20,22,23). The number of amides is 1. The maximum absolute atomic E-state index is 13.2. The van der Waals surface area contributed by atoms with Gasteiger partial charge in [-0.1, -0.05) is 12.1 Å². The number of nitrogens with one attached hydrogen (secondary N) is 2. The third-order valence-corrected chi connectivity index (χ3v) is 3.05. The molecule has 1 heterocycles. The van der Waals surface area contributed by atoms with Crippen LogP contribution in [0.15, 0.2) is 60.8 Å². The molecule has 120 valence electrons. The van der Waals surface area contributed by atoms with Crippen molar-refractivity contribution in [3.8, 4) is 0 Å². The predicted octanol–water partition coefficient (Wildman–Crippen LogP) is 3.75. The van der Waals surface area contributed by atoms with E-state index in [9.17, 15) is 13.6 Å². The minimum absolute atomic E-state index is 0.0909. The van der Waals surface area contributed by atoms with E-state index < -0.39 is 17.5 Å². The lowest BCUT2D eigenvalue weighted by atomic mass is 10.3. The molecule has 24 heavy (non-hydrogen) atoms. The first-order valence-corrected chi connectivity index (χ1v) is 7.03. The fraction of sp³-hybridized carbons (Fsp3) is 0. The molecule has 0 radical (unpaired) electrons. The Balaban J connectivity index is 1.76. The summed E-state index contributed by atoms with van der Waals surface area (Å²) in [4.78, 5) is 20.2. The van der Waals surface area contributed by atoms with E-state index in [0.29, 0.717) is 11.4 Å². The predicted molar refractivity (Wildman–Crippen MR) is 86.1 cm³/mol. The van der Waals surface area contributed by atoms with Crippen LogP contribution in [0, 0.1) is 11.6 Å². The highest BCUT2D eigenvalue weighted by Gasteiger charge is 2.10. The van der Waals surface area contributed by atoms with Crippen LogP contribution in [0.5, 0.6) is 0 Å². The zero-order valence-electron chi connectivity index (χ0n) is 12.3. The molecule has 0 unspecified atom stereocenters. The summed E-state index contributed by atoms with van der Waals surface area (Å²) in [6, 6.07) is 12.7. The number of rotatable bonds is 4. The van der Waals surface area contributed by atoms with Gasteiger partial charge >= 0.3 is 0 Å². The molecule has 1 aromatic heterocycles. The van der Waals surface area contributed by atoms with Crippen molar-refractivity contribution in [2.45, 2.75) is 0 Å². The van der Waals surface area contributed by atoms with Crippen molar-refractivity contribution in [3.05, 3.63) is 78.1 Å². The Morgan fingerprint density at radius 2 is 1.58 bits per heavy atom. The van der Waals surface area contributed by atoms with Crippen LogP contribution in [0.3, 0.4) is 0 Å². The molecule has 0 bridgehead atoms. The van der Waals surface area contributed by atoms with Crippen molar-refractivity contribution in [3.63, 3.8) is 0 Å². The van der Waals surface area contributed by atoms with E-state index in [4.69, 9.17) is 0 Å². The molecule has 3 rings (SSSR count). The fourth-order valence-corrected chi connectivity index (χ4v) is 2.00. The van der Waals surface area contributed by atoms with Gasteiger partial charge in [-0.2, -0.15) is 0 Å². The molecule has 2 N–H and O–H groups in total. The van der Waals surface area contributed by atoms with Gasteiger partial charge in [0.15, 0.2) is 0 Å². The van der Waals surface area contributed by atoms with Crippen LogP contribution < -0.4 is 10.6 Å². The lowest BCUT2D eigenvalue weighted by Crippen LogP contribution is -2.14. The summed E-state index contributed by atoms with van der Waals surface area (Å²) in [5.74, 6) is -1.22. The average Bonchev–Trinajstić information content (AvgIpc) is 2.55. The van der Waals surface area contributed by atoms with E-state index in [1.807, 2.05) is 0 Å². The third-order valence-electron chi connectivity index (χ3n) is 3.05. The highest BCUT2D eigenvalue weighted by molar-refractivity contribution is 6.02. The molecular formula is C17H12F2N4O. The Hall–Kier alpha value is -3.35. The second kappa shape index (κ2) is 6.82. The van der Waals surface area contributed by atoms with Crippen LogP contribution in [-0.2, 0) is 0 Å². The Morgan fingerprint density at radius 1 is 0.917 bits per heavy atom. The lowest BCUT2D eigenvalue weighted by molar-refractivity contribution is 0.102. The van der Waals surface area contributed by atoms with Crippen LogP contribution in [0.2, 0.25) is 0 Å². The summed E-state index contributed by atoms with van der Waals surface area (Å²) in [6.45, 7) is 0. The van der Waals surface area contributed by atoms with Crippen molar-refractivity contribution < 1.29 is 13.6 Å². The van der Waals surface area contributed by atoms with Crippen LogP contribution >= 0.6 is 0 Å². The topological polar surface area (TPSA) is 66.9 Å². The van der Waals surface area contributed by atoms with Crippen molar-refractivity contribution in [2.24, 2.45) is 0 Å². The molecule has 7 heteroatoms. The summed E-state index contributed by atoms with van der Waals surface area (Å²) in [5, 5.41) is 5.35. The molecule has 2 aromatic carbocycles. The minimum atomic E-state index is -0.509. The molecule has 0 aliphatic carbocycles. The number of benzene rings is 2. The summed E-state index contributed by atoms with van der Waals surface area (Å²) < 4.78 is 26.3. The fourth-order valence-electron chi connectivity index (χ4n) is 2.00. The molecule has 0 fully saturated rings. The highest BCUT2D eigenvalue weighted by atomic mass is 19.1. The van der Waals surface area contributed by atoms with Crippen molar-refractivity contribution in [2.75, 3.05) is 10.6 Å². The molecule has 1 amide bonds. The Kier molecular flexibility index (Phi) is 4.42. The van der Waals surface area contributed by atoms with E-state index in [1.54, 1.807) is 12.1 Å². The number of carbonyl (C=O) groups excluding carboxylic acids is 1. The van der Waals surface area contributed by atoms with Crippen LogP contribution in [0.4, 0.5) is 26.1 Å². The van der Waals surface area contributed by atoms with Crippen molar-refractivity contribution in [1.82, 2.24) is 9.97 Å². The second-order valence-electron chi connectivity index (χ2n) is 4.87. The van der Waals surface area contributed by atoms with Gasteiger partial charge in [0.2, 0.25) is 5.95 Å². The van der Waals surface area contributed by atoms with Gasteiger partial charge in [0.25, 0.3) is 5.91 Å². The van der Waals surface area contributed by atoms with E-state index in [2.05, 4.69) is 20.6 Å². The molecule has 0 atom stereocenters. The highest BCUT2D eigenvalue weighted by Crippen LogP contribution is 2.15. The first kappa shape index (κ1) is 15.5. The van der Waals surface area contributed by atoms with Crippen LogP contribution in [0.25, 0.3) is 0 Å². The maximum Gasteiger partial charge on any atom is 0.274 e. The maximum atomic E-state index is 13.2. The molecule has 0 saturated heterocycles. The summed E-state index contributed by atoms with van der Waals surface area (Å²) in [5.41, 5.74) is 0.865. The summed E-state index contributed by atoms with van der Waals surface area (Å²) >= 11 is 0. The van der Waals surface area contributed by atoms with E-state index >= 15 is 0 Å². The van der Waals surface area contributed by atoms with Gasteiger partial charge < -0.3 is 10.6 Å². The smallest absolute Gasteiger partial charge is 0.274 e. The Labute approximate surface area is 136 Å². The largest absolute Gasteiger partial charge is 0.324 e. The number of anilines is 3. The minimum Gasteiger partial charge on any atom is -0.324 e. The zero-order valence-corrected chi connectivity index (χ0v) is 12.3. The van der Waals surface area contributed by atoms with Crippen molar-refractivity contribution in [1.29, 1.82) is 0 Å². The van der Waals surface area contributed by atoms with Gasteiger partial charge in [-0.15, -0.1) is 0 Å². The normalized spacial score (nSPS) is 10.2. The van der Waals surface area contributed by atoms with E-state index in [0.717, 1.165) is 0 Å². The van der Waals surface area contributed by atoms with Gasteiger partial charge in [0, 0.05) is 17.6 Å². The van der Waals surface area contributed by atoms with Crippen LogP contribution in [0.1, 0.15) is 10.5 Å². The first-order chi connectivity index (χ1) is 11.6. The van der Waals surface area contributed by atoms with Gasteiger partial charge in [-0.25, -0.2) is 18.7 Å². The van der Waals surface area contributed by atoms with Gasteiger partial charge in [0.1, 0.15) is 17.3 Å². The number of aromatic nitrogens is 2. The molecule has 0 aliphatic rings. The summed E-state index contributed by atoms with van der Waals surface area (Å²) in [7, 11) is 0. The van der Waals surface area contributed by atoms with E-state index in [-0.39, 0.29) is 11.6 Å². The van der Waals surface area contributed by atoms with Crippen molar-refractivity contribution >= 4 is 23.2 Å². The van der Waals surface area contributed by atoms with Gasteiger partial charge in [-0.05, 0) is 42.5 Å². The summed E-state index contributed by atoms with van der Waals surface area (Å²) in [6.07, 6.45) is 1.40. The lowest BCUT2D eigenvalue weighted by Gasteiger charge is -2.07. The molecule has 0 spiro atoms. The Morgan fingerprint density at radius 3 is 2.29 bits per heavy atom. The number of hydrogen-bond donors (Lipinski definition) is 2. The number of hydrogen-bond acceptors (Lipinski definition) is 4. The second-order valence-corrected chi connectivity index (χ2v) is 4.87. The number of carbonyl (C=O) groups is 1. The molecule has 5 nitrogen and oxygen atoms in total. The Bertz CT molecular complexity index is 886. The van der Waals surface area contributed by atoms with Crippen LogP contribution in [-0.4, -0.2) is 15.9 Å². The monoisotopic (exact) mass is 326 g/mol. The molecular weight excluding hydrogens is 314 g/mol. The van der Waals surface area contributed by atoms with Gasteiger partial charge in [0.05, 0.1) is 0 Å². The third kappa shape index (κ3) is 3.89. The van der Waals surface area contributed by atoms with E-state index in [1.165, 1.54) is 48.7 Å². The van der Waals surface area contributed by atoms with Gasteiger partial charge in [-0.3, -0.25) is 4.79 Å². The molecule has 0 aliphatic heterocycles. The zero-order chi connectivity index (χ0) is 16.9. The first-order valence-electron chi connectivity index (χ1n) is 7.03. The number of halogens is 2. The molecule has 3 aromatic rings. The quantitative estimate of drug-likeness (QED) is 0.766. The SMILES string of the molecule is O=C(Nc1cccc(F)c1)c1ccnc(Nc2cccc(F)c2)n1. The average molecular weight is 326 g/mol.